The molecule has 1 saturated carbocycles. The van der Waals surface area contributed by atoms with Gasteiger partial charge < -0.3 is 11.1 Å². The van der Waals surface area contributed by atoms with Crippen molar-refractivity contribution < 1.29 is 4.79 Å². The molecule has 3 N–H and O–H groups in total. The zero-order chi connectivity index (χ0) is 14.7. The van der Waals surface area contributed by atoms with Crippen LogP contribution in [0.25, 0.3) is 10.8 Å². The van der Waals surface area contributed by atoms with Crippen LogP contribution < -0.4 is 11.1 Å². The van der Waals surface area contributed by atoms with E-state index in [4.69, 9.17) is 5.73 Å². The van der Waals surface area contributed by atoms with Gasteiger partial charge >= 0.3 is 0 Å². The normalized spacial score (nSPS) is 16.2. The second-order valence-electron chi connectivity index (χ2n) is 6.05. The molecule has 2 aromatic rings. The van der Waals surface area contributed by atoms with Crippen LogP contribution in [-0.2, 0) is 11.2 Å². The van der Waals surface area contributed by atoms with Crippen LogP contribution in [0, 0.1) is 0 Å². The topological polar surface area (TPSA) is 55.1 Å². The molecule has 1 aliphatic carbocycles. The number of rotatable bonds is 4. The SMILES string of the molecule is Cl.NCC1(NC(=O)Cc2cccc3ccccc23)CCCC1. The standard InChI is InChI=1S/C18H22N2O.ClH/c19-13-18(10-3-4-11-18)20-17(21)12-15-8-5-7-14-6-1-2-9-16(14)15;/h1-2,5-9H,3-4,10-13,19H2,(H,20,21);1H. The number of benzene rings is 2. The van der Waals surface area contributed by atoms with E-state index in [9.17, 15) is 4.79 Å². The summed E-state index contributed by atoms with van der Waals surface area (Å²) in [6.07, 6.45) is 4.75. The first-order valence-electron chi connectivity index (χ1n) is 7.70. The third-order valence-corrected chi connectivity index (χ3v) is 4.59. The molecular weight excluding hydrogens is 296 g/mol. The first-order valence-corrected chi connectivity index (χ1v) is 7.70. The van der Waals surface area contributed by atoms with Crippen LogP contribution in [0.15, 0.2) is 42.5 Å². The minimum Gasteiger partial charge on any atom is -0.349 e. The fraction of sp³-hybridized carbons (Fsp3) is 0.389. The van der Waals surface area contributed by atoms with Crippen LogP contribution in [0.4, 0.5) is 0 Å². The van der Waals surface area contributed by atoms with Crippen molar-refractivity contribution in [3.63, 3.8) is 0 Å². The summed E-state index contributed by atoms with van der Waals surface area (Å²) >= 11 is 0. The van der Waals surface area contributed by atoms with E-state index in [2.05, 4.69) is 23.5 Å². The summed E-state index contributed by atoms with van der Waals surface area (Å²) in [5, 5.41) is 5.53. The largest absolute Gasteiger partial charge is 0.349 e. The Balaban J connectivity index is 0.00000176. The van der Waals surface area contributed by atoms with Crippen LogP contribution in [0.2, 0.25) is 0 Å². The first kappa shape index (κ1) is 16.8. The number of hydrogen-bond donors (Lipinski definition) is 2. The van der Waals surface area contributed by atoms with Gasteiger partial charge in [0.25, 0.3) is 0 Å². The second-order valence-corrected chi connectivity index (χ2v) is 6.05. The Morgan fingerprint density at radius 1 is 1.09 bits per heavy atom. The average molecular weight is 319 g/mol. The van der Waals surface area contributed by atoms with Gasteiger partial charge in [-0.3, -0.25) is 4.79 Å². The summed E-state index contributed by atoms with van der Waals surface area (Å²) in [4.78, 5) is 12.4. The van der Waals surface area contributed by atoms with Gasteiger partial charge in [0, 0.05) is 6.54 Å². The molecule has 1 amide bonds. The Morgan fingerprint density at radius 2 is 1.77 bits per heavy atom. The smallest absolute Gasteiger partial charge is 0.224 e. The molecule has 1 aliphatic rings. The van der Waals surface area contributed by atoms with E-state index in [1.165, 1.54) is 5.39 Å². The summed E-state index contributed by atoms with van der Waals surface area (Å²) in [6, 6.07) is 14.3. The van der Waals surface area contributed by atoms with Crippen molar-refractivity contribution in [3.8, 4) is 0 Å². The lowest BCUT2D eigenvalue weighted by Gasteiger charge is -2.28. The summed E-state index contributed by atoms with van der Waals surface area (Å²) in [7, 11) is 0. The Labute approximate surface area is 137 Å². The Kier molecular flexibility index (Phi) is 5.43. The van der Waals surface area contributed by atoms with E-state index < -0.39 is 0 Å². The number of nitrogens with two attached hydrogens (primary N) is 1. The Hall–Kier alpha value is -1.58. The van der Waals surface area contributed by atoms with Crippen molar-refractivity contribution in [2.75, 3.05) is 6.54 Å². The molecule has 4 heteroatoms. The molecule has 0 bridgehead atoms. The molecule has 0 radical (unpaired) electrons. The van der Waals surface area contributed by atoms with Crippen molar-refractivity contribution in [1.82, 2.24) is 5.32 Å². The number of fused-ring (bicyclic) bond motifs is 1. The fourth-order valence-electron chi connectivity index (χ4n) is 3.39. The maximum Gasteiger partial charge on any atom is 0.224 e. The quantitative estimate of drug-likeness (QED) is 0.909. The predicted octanol–water partition coefficient (Wildman–Crippen LogP) is 3.19. The zero-order valence-corrected chi connectivity index (χ0v) is 13.5. The van der Waals surface area contributed by atoms with Crippen LogP contribution >= 0.6 is 12.4 Å². The van der Waals surface area contributed by atoms with E-state index in [1.54, 1.807) is 0 Å². The molecule has 2 aromatic carbocycles. The molecule has 0 aromatic heterocycles. The third kappa shape index (κ3) is 3.42. The molecule has 0 unspecified atom stereocenters. The number of amides is 1. The summed E-state index contributed by atoms with van der Waals surface area (Å²) < 4.78 is 0. The highest BCUT2D eigenvalue weighted by Gasteiger charge is 2.33. The van der Waals surface area contributed by atoms with Crippen molar-refractivity contribution in [2.24, 2.45) is 5.73 Å². The molecule has 0 atom stereocenters. The number of hydrogen-bond acceptors (Lipinski definition) is 2. The minimum absolute atomic E-state index is 0. The number of carbonyl (C=O) groups is 1. The zero-order valence-electron chi connectivity index (χ0n) is 12.7. The van der Waals surface area contributed by atoms with Crippen LogP contribution in [0.5, 0.6) is 0 Å². The average Bonchev–Trinajstić information content (AvgIpc) is 2.96. The lowest BCUT2D eigenvalue weighted by atomic mass is 9.96. The summed E-state index contributed by atoms with van der Waals surface area (Å²) in [5.41, 5.74) is 6.80. The highest BCUT2D eigenvalue weighted by molar-refractivity contribution is 5.90. The molecule has 118 valence electrons. The van der Waals surface area contributed by atoms with Crippen LogP contribution in [-0.4, -0.2) is 18.0 Å². The predicted molar refractivity (Wildman–Crippen MR) is 93.3 cm³/mol. The number of nitrogens with one attached hydrogen (secondary N) is 1. The lowest BCUT2D eigenvalue weighted by molar-refractivity contribution is -0.122. The van der Waals surface area contributed by atoms with Crippen LogP contribution in [0.3, 0.4) is 0 Å². The van der Waals surface area contributed by atoms with E-state index in [-0.39, 0.29) is 23.9 Å². The van der Waals surface area contributed by atoms with Gasteiger partial charge in [0.05, 0.1) is 12.0 Å². The number of carbonyl (C=O) groups excluding carboxylic acids is 1. The third-order valence-electron chi connectivity index (χ3n) is 4.59. The molecule has 3 rings (SSSR count). The van der Waals surface area contributed by atoms with E-state index in [0.29, 0.717) is 13.0 Å². The monoisotopic (exact) mass is 318 g/mol. The molecule has 0 aliphatic heterocycles. The second kappa shape index (κ2) is 7.12. The van der Waals surface area contributed by atoms with Gasteiger partial charge in [-0.1, -0.05) is 55.3 Å². The highest BCUT2D eigenvalue weighted by atomic mass is 35.5. The van der Waals surface area contributed by atoms with Gasteiger partial charge in [-0.2, -0.15) is 0 Å². The minimum atomic E-state index is -0.165. The van der Waals surface area contributed by atoms with Gasteiger partial charge in [-0.25, -0.2) is 0 Å². The van der Waals surface area contributed by atoms with Gasteiger partial charge in [0.1, 0.15) is 0 Å². The van der Waals surface area contributed by atoms with Crippen molar-refractivity contribution in [1.29, 1.82) is 0 Å². The fourth-order valence-corrected chi connectivity index (χ4v) is 3.39. The van der Waals surface area contributed by atoms with Gasteiger partial charge in [-0.15, -0.1) is 12.4 Å². The van der Waals surface area contributed by atoms with Crippen molar-refractivity contribution >= 4 is 29.1 Å². The van der Waals surface area contributed by atoms with E-state index in [1.807, 2.05) is 24.3 Å². The lowest BCUT2D eigenvalue weighted by Crippen LogP contribution is -2.52. The molecule has 0 saturated heterocycles. The molecular formula is C18H23ClN2O. The molecule has 22 heavy (non-hydrogen) atoms. The van der Waals surface area contributed by atoms with Gasteiger partial charge in [-0.05, 0) is 29.2 Å². The molecule has 0 spiro atoms. The first-order chi connectivity index (χ1) is 10.2. The van der Waals surface area contributed by atoms with Crippen molar-refractivity contribution in [2.45, 2.75) is 37.6 Å². The molecule has 3 nitrogen and oxygen atoms in total. The van der Waals surface area contributed by atoms with Crippen molar-refractivity contribution in [3.05, 3.63) is 48.0 Å². The molecule has 1 fully saturated rings. The summed E-state index contributed by atoms with van der Waals surface area (Å²) in [6.45, 7) is 0.536. The Bertz CT molecular complexity index is 645. The van der Waals surface area contributed by atoms with E-state index in [0.717, 1.165) is 36.6 Å². The maximum absolute atomic E-state index is 12.4. The molecule has 0 heterocycles. The maximum atomic E-state index is 12.4. The van der Waals surface area contributed by atoms with E-state index >= 15 is 0 Å². The van der Waals surface area contributed by atoms with Crippen LogP contribution in [0.1, 0.15) is 31.2 Å². The summed E-state index contributed by atoms with van der Waals surface area (Å²) in [5.74, 6) is 0.0821. The Morgan fingerprint density at radius 3 is 2.50 bits per heavy atom. The highest BCUT2D eigenvalue weighted by Crippen LogP contribution is 2.29. The van der Waals surface area contributed by atoms with Gasteiger partial charge in [0.2, 0.25) is 5.91 Å². The number of halogens is 1. The van der Waals surface area contributed by atoms with Gasteiger partial charge in [0.15, 0.2) is 0 Å².